The molecule has 2 aromatic rings. The Morgan fingerprint density at radius 1 is 1.00 bits per heavy atom. The van der Waals surface area contributed by atoms with Crippen LogP contribution in [0.1, 0.15) is 5.56 Å². The molecular weight excluding hydrogens is 335 g/mol. The molecule has 2 amide bonds. The first-order valence-corrected chi connectivity index (χ1v) is 8.32. The van der Waals surface area contributed by atoms with Gasteiger partial charge in [0.1, 0.15) is 11.7 Å². The normalized spacial score (nSPS) is 25.4. The molecular formula is C20H17FN2O3. The highest BCUT2D eigenvalue weighted by Gasteiger charge is 2.57. The van der Waals surface area contributed by atoms with E-state index in [1.165, 1.54) is 19.2 Å². The lowest BCUT2D eigenvalue weighted by Crippen LogP contribution is -2.37. The first-order chi connectivity index (χ1) is 12.6. The Labute approximate surface area is 150 Å². The average molecular weight is 352 g/mol. The second kappa shape index (κ2) is 6.38. The molecule has 6 heteroatoms. The van der Waals surface area contributed by atoms with Gasteiger partial charge in [-0.1, -0.05) is 42.5 Å². The van der Waals surface area contributed by atoms with Crippen LogP contribution in [0.15, 0.2) is 60.7 Å². The number of benzene rings is 2. The molecule has 2 saturated heterocycles. The first kappa shape index (κ1) is 16.5. The van der Waals surface area contributed by atoms with Crippen LogP contribution in [0, 0.1) is 11.7 Å². The standard InChI is InChI=1S/C20H17FN2O3/c1-22-19(24)17-16(12-9-13-7-10-14(21)11-8-13)23(26-18(17)20(22)25)15-5-3-2-4-6-15/h2-12,16-18H,1H3/b12-9+/t16-,17-,18+/m0/s1. The van der Waals surface area contributed by atoms with Crippen molar-refractivity contribution in [2.45, 2.75) is 12.1 Å². The number of likely N-dealkylation sites (N-methyl/N-ethyl adjacent to an activating group) is 1. The maximum absolute atomic E-state index is 13.1. The highest BCUT2D eigenvalue weighted by atomic mass is 19.1. The van der Waals surface area contributed by atoms with E-state index in [1.54, 1.807) is 17.2 Å². The molecule has 3 atom stereocenters. The molecule has 0 bridgehead atoms. The lowest BCUT2D eigenvalue weighted by atomic mass is 9.95. The van der Waals surface area contributed by atoms with Crippen molar-refractivity contribution in [2.24, 2.45) is 5.92 Å². The van der Waals surface area contributed by atoms with E-state index in [9.17, 15) is 14.0 Å². The molecule has 0 unspecified atom stereocenters. The Morgan fingerprint density at radius 2 is 1.69 bits per heavy atom. The van der Waals surface area contributed by atoms with E-state index in [0.29, 0.717) is 0 Å². The highest BCUT2D eigenvalue weighted by molar-refractivity contribution is 6.07. The van der Waals surface area contributed by atoms with Crippen LogP contribution in [0.25, 0.3) is 6.08 Å². The van der Waals surface area contributed by atoms with Crippen LogP contribution in [0.2, 0.25) is 0 Å². The Kier molecular flexibility index (Phi) is 4.05. The summed E-state index contributed by atoms with van der Waals surface area (Å²) in [7, 11) is 1.47. The summed E-state index contributed by atoms with van der Waals surface area (Å²) >= 11 is 0. The van der Waals surface area contributed by atoms with Gasteiger partial charge in [-0.15, -0.1) is 0 Å². The van der Waals surface area contributed by atoms with E-state index in [2.05, 4.69) is 0 Å². The Morgan fingerprint density at radius 3 is 2.38 bits per heavy atom. The lowest BCUT2D eigenvalue weighted by molar-refractivity contribution is -0.141. The fraction of sp³-hybridized carbons (Fsp3) is 0.200. The topological polar surface area (TPSA) is 49.9 Å². The second-order valence-electron chi connectivity index (χ2n) is 6.35. The van der Waals surface area contributed by atoms with Crippen molar-refractivity contribution >= 4 is 23.6 Å². The van der Waals surface area contributed by atoms with Crippen molar-refractivity contribution in [3.63, 3.8) is 0 Å². The van der Waals surface area contributed by atoms with Gasteiger partial charge in [0, 0.05) is 7.05 Å². The number of hydrogen-bond acceptors (Lipinski definition) is 4. The van der Waals surface area contributed by atoms with Gasteiger partial charge >= 0.3 is 0 Å². The molecule has 4 rings (SSSR count). The van der Waals surface area contributed by atoms with Gasteiger partial charge in [-0.05, 0) is 29.8 Å². The number of para-hydroxylation sites is 1. The predicted molar refractivity (Wildman–Crippen MR) is 94.3 cm³/mol. The predicted octanol–water partition coefficient (Wildman–Crippen LogP) is 2.64. The van der Waals surface area contributed by atoms with Gasteiger partial charge in [0.2, 0.25) is 5.91 Å². The molecule has 2 heterocycles. The van der Waals surface area contributed by atoms with E-state index < -0.39 is 18.1 Å². The van der Waals surface area contributed by atoms with Gasteiger partial charge in [0.25, 0.3) is 5.91 Å². The number of nitrogens with zero attached hydrogens (tertiary/aromatic N) is 2. The van der Waals surface area contributed by atoms with Crippen LogP contribution in [-0.2, 0) is 14.4 Å². The summed E-state index contributed by atoms with van der Waals surface area (Å²) in [5.74, 6) is -1.51. The number of carbonyl (C=O) groups is 2. The molecule has 2 aliphatic rings. The summed E-state index contributed by atoms with van der Waals surface area (Å²) in [6.07, 6.45) is 2.81. The van der Waals surface area contributed by atoms with Crippen molar-refractivity contribution in [1.29, 1.82) is 0 Å². The van der Waals surface area contributed by atoms with Gasteiger partial charge in [-0.3, -0.25) is 19.3 Å². The van der Waals surface area contributed by atoms with Crippen molar-refractivity contribution in [3.05, 3.63) is 72.1 Å². The summed E-state index contributed by atoms with van der Waals surface area (Å²) in [6.45, 7) is 0. The number of halogens is 1. The summed E-state index contributed by atoms with van der Waals surface area (Å²) in [5.41, 5.74) is 1.56. The van der Waals surface area contributed by atoms with E-state index in [4.69, 9.17) is 4.84 Å². The zero-order chi connectivity index (χ0) is 18.3. The van der Waals surface area contributed by atoms with Crippen LogP contribution in [0.5, 0.6) is 0 Å². The monoisotopic (exact) mass is 352 g/mol. The molecule has 132 valence electrons. The van der Waals surface area contributed by atoms with Crippen molar-refractivity contribution in [1.82, 2.24) is 4.90 Å². The van der Waals surface area contributed by atoms with Gasteiger partial charge in [0.15, 0.2) is 6.10 Å². The van der Waals surface area contributed by atoms with E-state index in [1.807, 2.05) is 42.5 Å². The molecule has 0 aliphatic carbocycles. The third kappa shape index (κ3) is 2.68. The van der Waals surface area contributed by atoms with Crippen LogP contribution < -0.4 is 5.06 Å². The Balaban J connectivity index is 1.69. The third-order valence-electron chi connectivity index (χ3n) is 4.75. The number of anilines is 1. The van der Waals surface area contributed by atoms with E-state index >= 15 is 0 Å². The van der Waals surface area contributed by atoms with Crippen LogP contribution in [0.3, 0.4) is 0 Å². The SMILES string of the molecule is CN1C(=O)[C@@H]2[C@@H](ON(c3ccccc3)[C@H]2/C=C/c2ccc(F)cc2)C1=O. The van der Waals surface area contributed by atoms with Gasteiger partial charge < -0.3 is 0 Å². The zero-order valence-electron chi connectivity index (χ0n) is 14.1. The minimum Gasteiger partial charge on any atom is -0.283 e. The summed E-state index contributed by atoms with van der Waals surface area (Å²) in [6, 6.07) is 15.0. The zero-order valence-corrected chi connectivity index (χ0v) is 14.1. The van der Waals surface area contributed by atoms with Crippen LogP contribution in [-0.4, -0.2) is 35.9 Å². The van der Waals surface area contributed by atoms with Crippen LogP contribution in [0.4, 0.5) is 10.1 Å². The number of amides is 2. The van der Waals surface area contributed by atoms with Gasteiger partial charge in [0.05, 0.1) is 11.7 Å². The molecule has 0 N–H and O–H groups in total. The largest absolute Gasteiger partial charge is 0.283 e. The number of rotatable bonds is 3. The molecule has 0 saturated carbocycles. The fourth-order valence-electron chi connectivity index (χ4n) is 3.37. The number of hydroxylamine groups is 1. The number of likely N-dealkylation sites (tertiary alicyclic amines) is 1. The minimum absolute atomic E-state index is 0.257. The summed E-state index contributed by atoms with van der Waals surface area (Å²) in [5, 5.41) is 1.61. The van der Waals surface area contributed by atoms with Crippen molar-refractivity contribution < 1.29 is 18.8 Å². The second-order valence-corrected chi connectivity index (χ2v) is 6.35. The molecule has 26 heavy (non-hydrogen) atoms. The maximum atomic E-state index is 13.1. The van der Waals surface area contributed by atoms with Gasteiger partial charge in [-0.2, -0.15) is 0 Å². The Bertz CT molecular complexity index is 866. The number of carbonyl (C=O) groups excluding carboxylic acids is 2. The molecule has 2 aliphatic heterocycles. The molecule has 0 radical (unpaired) electrons. The molecule has 2 aromatic carbocycles. The molecule has 5 nitrogen and oxygen atoms in total. The minimum atomic E-state index is -0.824. The number of hydrogen-bond donors (Lipinski definition) is 0. The molecule has 0 spiro atoms. The van der Waals surface area contributed by atoms with Crippen molar-refractivity contribution in [3.8, 4) is 0 Å². The number of imide groups is 1. The number of fused-ring (bicyclic) bond motifs is 1. The fourth-order valence-corrected chi connectivity index (χ4v) is 3.37. The van der Waals surface area contributed by atoms with Gasteiger partial charge in [-0.25, -0.2) is 9.45 Å². The summed E-state index contributed by atoms with van der Waals surface area (Å²) < 4.78 is 13.1. The van der Waals surface area contributed by atoms with Crippen molar-refractivity contribution in [2.75, 3.05) is 12.1 Å². The Hall–Kier alpha value is -2.99. The van der Waals surface area contributed by atoms with Crippen LogP contribution >= 0.6 is 0 Å². The third-order valence-corrected chi connectivity index (χ3v) is 4.75. The maximum Gasteiger partial charge on any atom is 0.261 e. The quantitative estimate of drug-likeness (QED) is 0.797. The highest BCUT2D eigenvalue weighted by Crippen LogP contribution is 2.38. The first-order valence-electron chi connectivity index (χ1n) is 8.32. The molecule has 2 fully saturated rings. The summed E-state index contributed by atoms with van der Waals surface area (Å²) in [4.78, 5) is 31.9. The smallest absolute Gasteiger partial charge is 0.261 e. The van der Waals surface area contributed by atoms with E-state index in [-0.39, 0.29) is 17.6 Å². The average Bonchev–Trinajstić information content (AvgIpc) is 3.14. The molecule has 0 aromatic heterocycles. The van der Waals surface area contributed by atoms with E-state index in [0.717, 1.165) is 16.2 Å². The lowest BCUT2D eigenvalue weighted by Gasteiger charge is -2.25.